The first kappa shape index (κ1) is 24.0. The van der Waals surface area contributed by atoms with Crippen LogP contribution in [0.3, 0.4) is 0 Å². The topological polar surface area (TPSA) is 93.5 Å². The highest BCUT2D eigenvalue weighted by Crippen LogP contribution is 2.34. The van der Waals surface area contributed by atoms with E-state index in [9.17, 15) is 14.4 Å². The summed E-state index contributed by atoms with van der Waals surface area (Å²) in [6.45, 7) is 5.81. The minimum Gasteiger partial charge on any atom is -0.376 e. The van der Waals surface area contributed by atoms with Crippen LogP contribution in [-0.2, 0) is 33.8 Å². The van der Waals surface area contributed by atoms with Crippen molar-refractivity contribution in [2.24, 2.45) is 0 Å². The molecule has 10 heteroatoms. The number of hydrogen-bond acceptors (Lipinski definition) is 7. The molecule has 0 bridgehead atoms. The second kappa shape index (κ2) is 10.1. The molecular weight excluding hydrogens is 484 g/mol. The lowest BCUT2D eigenvalue weighted by Crippen LogP contribution is -2.34. The lowest BCUT2D eigenvalue weighted by molar-refractivity contribution is -0.129. The van der Waals surface area contributed by atoms with E-state index in [1.54, 1.807) is 16.4 Å². The fourth-order valence-electron chi connectivity index (χ4n) is 4.55. The number of amides is 2. The van der Waals surface area contributed by atoms with Crippen molar-refractivity contribution in [1.82, 2.24) is 14.5 Å². The Morgan fingerprint density at radius 2 is 2.09 bits per heavy atom. The number of thioether (sulfide) groups is 1. The molecular formula is C25H28N4O4S2. The van der Waals surface area contributed by atoms with Crippen LogP contribution < -0.4 is 10.9 Å². The number of ether oxygens (including phenoxy) is 1. The highest BCUT2D eigenvalue weighted by Gasteiger charge is 2.27. The summed E-state index contributed by atoms with van der Waals surface area (Å²) in [7, 11) is 0. The minimum atomic E-state index is -0.153. The Labute approximate surface area is 211 Å². The summed E-state index contributed by atoms with van der Waals surface area (Å²) in [6.07, 6.45) is 2.50. The van der Waals surface area contributed by atoms with Crippen LogP contribution in [0, 0.1) is 6.92 Å². The molecule has 2 aliphatic rings. The van der Waals surface area contributed by atoms with E-state index in [1.807, 2.05) is 31.2 Å². The quantitative estimate of drug-likeness (QED) is 0.401. The number of nitrogens with zero attached hydrogens (tertiary/aromatic N) is 3. The number of rotatable bonds is 6. The van der Waals surface area contributed by atoms with Gasteiger partial charge < -0.3 is 15.0 Å². The van der Waals surface area contributed by atoms with Gasteiger partial charge in [-0.3, -0.25) is 19.0 Å². The number of aryl methyl sites for hydroxylation is 1. The van der Waals surface area contributed by atoms with Crippen LogP contribution in [-0.4, -0.2) is 51.3 Å². The molecule has 5 rings (SSSR count). The van der Waals surface area contributed by atoms with Crippen molar-refractivity contribution in [2.75, 3.05) is 24.2 Å². The van der Waals surface area contributed by atoms with Crippen LogP contribution >= 0.6 is 23.1 Å². The third-order valence-corrected chi connectivity index (χ3v) is 8.54. The van der Waals surface area contributed by atoms with Gasteiger partial charge >= 0.3 is 0 Å². The average molecular weight is 513 g/mol. The smallest absolute Gasteiger partial charge is 0.263 e. The maximum atomic E-state index is 13.7. The lowest BCUT2D eigenvalue weighted by atomic mass is 10.1. The van der Waals surface area contributed by atoms with Gasteiger partial charge in [-0.05, 0) is 43.9 Å². The highest BCUT2D eigenvalue weighted by molar-refractivity contribution is 7.99. The first-order valence-corrected chi connectivity index (χ1v) is 13.6. The van der Waals surface area contributed by atoms with Gasteiger partial charge in [-0.15, -0.1) is 11.3 Å². The van der Waals surface area contributed by atoms with Crippen LogP contribution in [0.25, 0.3) is 10.2 Å². The van der Waals surface area contributed by atoms with Gasteiger partial charge in [-0.25, -0.2) is 4.98 Å². The number of aromatic nitrogens is 2. The lowest BCUT2D eigenvalue weighted by Gasteiger charge is -2.25. The van der Waals surface area contributed by atoms with Crippen molar-refractivity contribution in [2.45, 2.75) is 57.5 Å². The Morgan fingerprint density at radius 1 is 1.29 bits per heavy atom. The van der Waals surface area contributed by atoms with Crippen molar-refractivity contribution >= 4 is 50.8 Å². The van der Waals surface area contributed by atoms with Crippen LogP contribution in [0.15, 0.2) is 34.2 Å². The van der Waals surface area contributed by atoms with Crippen LogP contribution in [0.4, 0.5) is 5.69 Å². The summed E-state index contributed by atoms with van der Waals surface area (Å²) < 4.78 is 7.50. The second-order valence-corrected chi connectivity index (χ2v) is 11.0. The van der Waals surface area contributed by atoms with E-state index in [0.717, 1.165) is 34.5 Å². The van der Waals surface area contributed by atoms with Crippen LogP contribution in [0.5, 0.6) is 0 Å². The van der Waals surface area contributed by atoms with Crippen LogP contribution in [0.1, 0.15) is 35.8 Å². The van der Waals surface area contributed by atoms with Crippen molar-refractivity contribution in [1.29, 1.82) is 0 Å². The molecule has 0 spiro atoms. The first-order valence-electron chi connectivity index (χ1n) is 11.8. The van der Waals surface area contributed by atoms with Gasteiger partial charge in [-0.2, -0.15) is 0 Å². The second-order valence-electron chi connectivity index (χ2n) is 9.02. The summed E-state index contributed by atoms with van der Waals surface area (Å²) in [6, 6.07) is 7.64. The molecule has 2 aliphatic heterocycles. The van der Waals surface area contributed by atoms with Gasteiger partial charge in [0.05, 0.1) is 30.3 Å². The van der Waals surface area contributed by atoms with E-state index in [4.69, 9.17) is 9.72 Å². The molecule has 8 nitrogen and oxygen atoms in total. The first-order chi connectivity index (χ1) is 16.9. The summed E-state index contributed by atoms with van der Waals surface area (Å²) >= 11 is 2.74. The zero-order valence-electron chi connectivity index (χ0n) is 19.8. The highest BCUT2D eigenvalue weighted by atomic mass is 32.2. The summed E-state index contributed by atoms with van der Waals surface area (Å²) in [5.74, 6) is 0.0210. The Bertz CT molecular complexity index is 1330. The maximum absolute atomic E-state index is 13.7. The molecule has 4 heterocycles. The number of hydrogen-bond donors (Lipinski definition) is 1. The van der Waals surface area contributed by atoms with Gasteiger partial charge in [0.25, 0.3) is 5.56 Å². The Kier molecular flexibility index (Phi) is 6.95. The third kappa shape index (κ3) is 5.14. The monoisotopic (exact) mass is 512 g/mol. The number of benzene rings is 1. The molecule has 35 heavy (non-hydrogen) atoms. The predicted molar refractivity (Wildman–Crippen MR) is 138 cm³/mol. The Morgan fingerprint density at radius 3 is 2.80 bits per heavy atom. The number of fused-ring (bicyclic) bond motifs is 3. The number of anilines is 1. The van der Waals surface area contributed by atoms with Gasteiger partial charge in [-0.1, -0.05) is 29.5 Å². The van der Waals surface area contributed by atoms with Crippen molar-refractivity contribution in [3.05, 3.63) is 50.6 Å². The molecule has 184 valence electrons. The van der Waals surface area contributed by atoms with Crippen LogP contribution in [0.2, 0.25) is 0 Å². The largest absolute Gasteiger partial charge is 0.376 e. The fraction of sp³-hybridized carbons (Fsp3) is 0.440. The van der Waals surface area contributed by atoms with E-state index in [1.165, 1.54) is 23.1 Å². The van der Waals surface area contributed by atoms with Gasteiger partial charge in [0.1, 0.15) is 4.83 Å². The SMILES string of the molecule is CC(=O)N1CCc2c(sc3nc(SCC(=O)Nc4ccc(C)cc4)n(C[C@H]4CCCO4)c(=O)c23)C1. The molecule has 0 radical (unpaired) electrons. The zero-order valence-corrected chi connectivity index (χ0v) is 21.5. The minimum absolute atomic E-state index is 0.0321. The third-order valence-electron chi connectivity index (χ3n) is 6.45. The molecule has 0 aliphatic carbocycles. The average Bonchev–Trinajstić information content (AvgIpc) is 3.48. The summed E-state index contributed by atoms with van der Waals surface area (Å²) in [4.78, 5) is 46.6. The van der Waals surface area contributed by atoms with E-state index >= 15 is 0 Å². The Hall–Kier alpha value is -2.69. The standard InChI is InChI=1S/C25H28N4O4S2/c1-15-5-7-17(8-6-15)26-21(31)14-34-25-27-23-22(24(32)29(25)12-18-4-3-11-33-18)19-9-10-28(16(2)30)13-20(19)35-23/h5-8,18H,3-4,9-14H2,1-2H3,(H,26,31)/t18-/m1/s1. The van der Waals surface area contributed by atoms with E-state index in [-0.39, 0.29) is 29.2 Å². The number of nitrogens with one attached hydrogen (secondary N) is 1. The molecule has 2 amide bonds. The number of carbonyl (C=O) groups excluding carboxylic acids is 2. The van der Waals surface area contributed by atoms with Gasteiger partial charge in [0.15, 0.2) is 5.16 Å². The van der Waals surface area contributed by atoms with E-state index in [2.05, 4.69) is 5.32 Å². The maximum Gasteiger partial charge on any atom is 0.263 e. The molecule has 0 unspecified atom stereocenters. The summed E-state index contributed by atoms with van der Waals surface area (Å²) in [5.41, 5.74) is 2.79. The normalized spacial score (nSPS) is 17.5. The van der Waals surface area contributed by atoms with Crippen molar-refractivity contribution in [3.63, 3.8) is 0 Å². The van der Waals surface area contributed by atoms with Gasteiger partial charge in [0.2, 0.25) is 11.8 Å². The molecule has 1 atom stereocenters. The van der Waals surface area contributed by atoms with Crippen molar-refractivity contribution < 1.29 is 14.3 Å². The summed E-state index contributed by atoms with van der Waals surface area (Å²) in [5, 5.41) is 4.08. The van der Waals surface area contributed by atoms with Crippen molar-refractivity contribution in [3.8, 4) is 0 Å². The molecule has 3 aromatic rings. The van der Waals surface area contributed by atoms with E-state index < -0.39 is 0 Å². The zero-order chi connectivity index (χ0) is 24.5. The van der Waals surface area contributed by atoms with E-state index in [0.29, 0.717) is 48.0 Å². The molecule has 1 aromatic carbocycles. The number of carbonyl (C=O) groups is 2. The molecule has 1 fully saturated rings. The predicted octanol–water partition coefficient (Wildman–Crippen LogP) is 3.58. The fourth-order valence-corrected chi connectivity index (χ4v) is 6.64. The molecule has 2 aromatic heterocycles. The van der Waals surface area contributed by atoms with Gasteiger partial charge in [0, 0.05) is 30.6 Å². The molecule has 0 saturated carbocycles. The molecule has 1 N–H and O–H groups in total. The number of thiophene rings is 1. The molecule has 1 saturated heterocycles. The Balaban J connectivity index is 1.44.